The Bertz CT molecular complexity index is 377. The molecule has 1 aliphatic rings. The highest BCUT2D eigenvalue weighted by molar-refractivity contribution is 6.30. The molecule has 0 bridgehead atoms. The first-order chi connectivity index (χ1) is 9.17. The van der Waals surface area contributed by atoms with E-state index in [0.29, 0.717) is 5.92 Å². The van der Waals surface area contributed by atoms with Crippen molar-refractivity contribution in [3.63, 3.8) is 0 Å². The summed E-state index contributed by atoms with van der Waals surface area (Å²) in [5, 5.41) is 0.817. The van der Waals surface area contributed by atoms with E-state index >= 15 is 0 Å². The molecule has 2 nitrogen and oxygen atoms in total. The summed E-state index contributed by atoms with van der Waals surface area (Å²) in [6.45, 7) is 6.56. The molecule has 1 saturated heterocycles. The summed E-state index contributed by atoms with van der Waals surface area (Å²) in [4.78, 5) is 2.57. The highest BCUT2D eigenvalue weighted by atomic mass is 35.5. The van der Waals surface area contributed by atoms with Gasteiger partial charge in [-0.2, -0.15) is 0 Å². The Morgan fingerprint density at radius 2 is 2.11 bits per heavy atom. The molecule has 0 radical (unpaired) electrons. The van der Waals surface area contributed by atoms with Gasteiger partial charge in [0.05, 0.1) is 0 Å². The van der Waals surface area contributed by atoms with Crippen molar-refractivity contribution < 1.29 is 0 Å². The SMILES string of the molecule is CC(CN)CC1CCCN(Cc2ccc(Cl)cc2)C1. The maximum absolute atomic E-state index is 5.93. The lowest BCUT2D eigenvalue weighted by Gasteiger charge is -2.33. The molecule has 2 atom stereocenters. The standard InChI is InChI=1S/C16H25ClN2/c1-13(10-18)9-15-3-2-8-19(12-15)11-14-4-6-16(17)7-5-14/h4-7,13,15H,2-3,8-12,18H2,1H3. The van der Waals surface area contributed by atoms with Crippen LogP contribution >= 0.6 is 11.6 Å². The van der Waals surface area contributed by atoms with Crippen LogP contribution in [0.5, 0.6) is 0 Å². The number of hydrogen-bond donors (Lipinski definition) is 1. The molecule has 1 aromatic carbocycles. The van der Waals surface area contributed by atoms with Crippen LogP contribution in [0.2, 0.25) is 5.02 Å². The first-order valence-electron chi connectivity index (χ1n) is 7.34. The van der Waals surface area contributed by atoms with Crippen LogP contribution in [-0.2, 0) is 6.54 Å². The van der Waals surface area contributed by atoms with Crippen LogP contribution in [0.3, 0.4) is 0 Å². The number of halogens is 1. The second-order valence-corrected chi connectivity index (χ2v) is 6.38. The Hall–Kier alpha value is -0.570. The van der Waals surface area contributed by atoms with Gasteiger partial charge in [0.2, 0.25) is 0 Å². The van der Waals surface area contributed by atoms with Crippen LogP contribution in [0.25, 0.3) is 0 Å². The van der Waals surface area contributed by atoms with Crippen molar-refractivity contribution in [3.05, 3.63) is 34.9 Å². The normalized spacial score (nSPS) is 22.4. The molecule has 2 N–H and O–H groups in total. The Balaban J connectivity index is 1.85. The third-order valence-electron chi connectivity index (χ3n) is 4.06. The molecule has 0 spiro atoms. The highest BCUT2D eigenvalue weighted by Crippen LogP contribution is 2.24. The number of benzene rings is 1. The number of rotatable bonds is 5. The van der Waals surface area contributed by atoms with E-state index in [4.69, 9.17) is 17.3 Å². The smallest absolute Gasteiger partial charge is 0.0406 e. The van der Waals surface area contributed by atoms with E-state index < -0.39 is 0 Å². The molecule has 19 heavy (non-hydrogen) atoms. The minimum absolute atomic E-state index is 0.653. The van der Waals surface area contributed by atoms with Crippen molar-refractivity contribution in [1.29, 1.82) is 0 Å². The average Bonchev–Trinajstić information content (AvgIpc) is 2.42. The van der Waals surface area contributed by atoms with E-state index in [2.05, 4.69) is 24.0 Å². The van der Waals surface area contributed by atoms with Gasteiger partial charge in [-0.05, 0) is 61.9 Å². The highest BCUT2D eigenvalue weighted by Gasteiger charge is 2.21. The molecule has 1 heterocycles. The van der Waals surface area contributed by atoms with E-state index in [-0.39, 0.29) is 0 Å². The quantitative estimate of drug-likeness (QED) is 0.894. The molecule has 1 aliphatic heterocycles. The fourth-order valence-corrected chi connectivity index (χ4v) is 3.13. The first kappa shape index (κ1) is 14.8. The van der Waals surface area contributed by atoms with Gasteiger partial charge in [0, 0.05) is 18.1 Å². The molecule has 2 unspecified atom stereocenters. The average molecular weight is 281 g/mol. The fraction of sp³-hybridized carbons (Fsp3) is 0.625. The summed E-state index contributed by atoms with van der Waals surface area (Å²) in [7, 11) is 0. The zero-order chi connectivity index (χ0) is 13.7. The third-order valence-corrected chi connectivity index (χ3v) is 4.31. The molecule has 2 rings (SSSR count). The third kappa shape index (κ3) is 4.79. The van der Waals surface area contributed by atoms with Gasteiger partial charge in [-0.15, -0.1) is 0 Å². The van der Waals surface area contributed by atoms with Gasteiger partial charge in [0.1, 0.15) is 0 Å². The molecule has 0 amide bonds. The first-order valence-corrected chi connectivity index (χ1v) is 7.72. The van der Waals surface area contributed by atoms with Crippen LogP contribution in [0.1, 0.15) is 31.7 Å². The minimum atomic E-state index is 0.653. The maximum Gasteiger partial charge on any atom is 0.0406 e. The second kappa shape index (κ2) is 7.28. The van der Waals surface area contributed by atoms with Gasteiger partial charge in [0.15, 0.2) is 0 Å². The fourth-order valence-electron chi connectivity index (χ4n) is 3.00. The molecule has 0 aromatic heterocycles. The summed E-state index contributed by atoms with van der Waals surface area (Å²) in [5.41, 5.74) is 7.09. The maximum atomic E-state index is 5.93. The Morgan fingerprint density at radius 1 is 1.37 bits per heavy atom. The van der Waals surface area contributed by atoms with Crippen LogP contribution < -0.4 is 5.73 Å². The van der Waals surface area contributed by atoms with Gasteiger partial charge in [-0.25, -0.2) is 0 Å². The zero-order valence-corrected chi connectivity index (χ0v) is 12.6. The summed E-state index contributed by atoms with van der Waals surface area (Å²) < 4.78 is 0. The number of likely N-dealkylation sites (tertiary alicyclic amines) is 1. The molecule has 1 aromatic rings. The molecule has 106 valence electrons. The monoisotopic (exact) mass is 280 g/mol. The lowest BCUT2D eigenvalue weighted by Crippen LogP contribution is -2.36. The number of nitrogens with zero attached hydrogens (tertiary/aromatic N) is 1. The largest absolute Gasteiger partial charge is 0.330 e. The van der Waals surface area contributed by atoms with E-state index in [0.717, 1.165) is 24.0 Å². The van der Waals surface area contributed by atoms with Crippen molar-refractivity contribution in [2.45, 2.75) is 32.7 Å². The van der Waals surface area contributed by atoms with E-state index in [1.807, 2.05) is 12.1 Å². The second-order valence-electron chi connectivity index (χ2n) is 5.95. The molecular weight excluding hydrogens is 256 g/mol. The molecular formula is C16H25ClN2. The lowest BCUT2D eigenvalue weighted by atomic mass is 9.89. The van der Waals surface area contributed by atoms with Crippen molar-refractivity contribution in [2.24, 2.45) is 17.6 Å². The Morgan fingerprint density at radius 3 is 2.79 bits per heavy atom. The van der Waals surface area contributed by atoms with E-state index in [1.165, 1.54) is 37.9 Å². The van der Waals surface area contributed by atoms with Crippen molar-refractivity contribution in [1.82, 2.24) is 4.90 Å². The lowest BCUT2D eigenvalue weighted by molar-refractivity contribution is 0.152. The topological polar surface area (TPSA) is 29.3 Å². The summed E-state index contributed by atoms with van der Waals surface area (Å²) in [5.74, 6) is 1.47. The predicted molar refractivity (Wildman–Crippen MR) is 82.3 cm³/mol. The Kier molecular flexibility index (Phi) is 5.68. The Labute approximate surface area is 121 Å². The van der Waals surface area contributed by atoms with Crippen LogP contribution in [0.15, 0.2) is 24.3 Å². The van der Waals surface area contributed by atoms with Crippen molar-refractivity contribution in [3.8, 4) is 0 Å². The predicted octanol–water partition coefficient (Wildman–Crippen LogP) is 3.54. The molecule has 0 saturated carbocycles. The summed E-state index contributed by atoms with van der Waals surface area (Å²) >= 11 is 5.93. The molecule has 1 fully saturated rings. The number of nitrogens with two attached hydrogens (primary N) is 1. The number of piperidine rings is 1. The van der Waals surface area contributed by atoms with E-state index in [1.54, 1.807) is 0 Å². The van der Waals surface area contributed by atoms with Gasteiger partial charge in [-0.3, -0.25) is 4.90 Å². The zero-order valence-electron chi connectivity index (χ0n) is 11.8. The summed E-state index contributed by atoms with van der Waals surface area (Å²) in [6.07, 6.45) is 3.95. The summed E-state index contributed by atoms with van der Waals surface area (Å²) in [6, 6.07) is 8.23. The van der Waals surface area contributed by atoms with Gasteiger partial charge >= 0.3 is 0 Å². The van der Waals surface area contributed by atoms with Crippen LogP contribution in [-0.4, -0.2) is 24.5 Å². The number of hydrogen-bond acceptors (Lipinski definition) is 2. The van der Waals surface area contributed by atoms with Crippen LogP contribution in [0.4, 0.5) is 0 Å². The molecule has 3 heteroatoms. The van der Waals surface area contributed by atoms with Crippen molar-refractivity contribution >= 4 is 11.6 Å². The van der Waals surface area contributed by atoms with Gasteiger partial charge in [-0.1, -0.05) is 30.7 Å². The van der Waals surface area contributed by atoms with Gasteiger partial charge < -0.3 is 5.73 Å². The minimum Gasteiger partial charge on any atom is -0.330 e. The van der Waals surface area contributed by atoms with E-state index in [9.17, 15) is 0 Å². The molecule has 0 aliphatic carbocycles. The van der Waals surface area contributed by atoms with Crippen molar-refractivity contribution in [2.75, 3.05) is 19.6 Å². The van der Waals surface area contributed by atoms with Crippen LogP contribution in [0, 0.1) is 11.8 Å². The van der Waals surface area contributed by atoms with Gasteiger partial charge in [0.25, 0.3) is 0 Å².